The molecule has 0 aromatic carbocycles. The van der Waals surface area contributed by atoms with Gasteiger partial charge in [-0.15, -0.1) is 0 Å². The summed E-state index contributed by atoms with van der Waals surface area (Å²) < 4.78 is 0. The minimum Gasteiger partial charge on any atom is -0.265 e. The van der Waals surface area contributed by atoms with Gasteiger partial charge in [-0.05, 0) is 10.8 Å². The molecule has 1 rings (SSSR count). The highest BCUT2D eigenvalue weighted by Crippen LogP contribution is 2.28. The van der Waals surface area contributed by atoms with Crippen LogP contribution in [0.2, 0.25) is 0 Å². The number of aliphatic imine (C=N–C) groups is 1. The Kier molecular flexibility index (Phi) is 2.15. The van der Waals surface area contributed by atoms with Crippen molar-refractivity contribution in [3.05, 3.63) is 0 Å². The van der Waals surface area contributed by atoms with Crippen molar-refractivity contribution in [2.75, 3.05) is 5.88 Å². The van der Waals surface area contributed by atoms with Crippen molar-refractivity contribution in [1.29, 1.82) is 0 Å². The van der Waals surface area contributed by atoms with Crippen LogP contribution in [-0.4, -0.2) is 16.3 Å². The average molecular weight is 149 g/mol. The second-order valence-electron chi connectivity index (χ2n) is 0.944. The molecule has 0 aromatic heterocycles. The summed E-state index contributed by atoms with van der Waals surface area (Å²) in [5.41, 5.74) is 0. The van der Waals surface area contributed by atoms with Gasteiger partial charge in [0.1, 0.15) is 5.04 Å². The molecule has 0 N–H and O–H groups in total. The molecule has 1 aliphatic heterocycles. The first-order valence-electron chi connectivity index (χ1n) is 1.72. The molecule has 4 heteroatoms. The Balaban J connectivity index is 2.51. The molecule has 0 aliphatic carbocycles. The Hall–Kier alpha value is 0.460. The molecule has 1 heterocycles. The Morgan fingerprint density at radius 1 is 1.86 bits per heavy atom. The van der Waals surface area contributed by atoms with Gasteiger partial charge in [-0.25, -0.2) is 0 Å². The summed E-state index contributed by atoms with van der Waals surface area (Å²) in [6, 6.07) is 0. The molecule has 0 bridgehead atoms. The molecule has 1 nitrogen and oxygen atoms in total. The van der Waals surface area contributed by atoms with Gasteiger partial charge in [0.15, 0.2) is 0 Å². The van der Waals surface area contributed by atoms with Gasteiger partial charge >= 0.3 is 0 Å². The van der Waals surface area contributed by atoms with E-state index in [0.717, 1.165) is 10.9 Å². The number of hydrogen-bond donors (Lipinski definition) is 0. The van der Waals surface area contributed by atoms with Crippen molar-refractivity contribution in [2.24, 2.45) is 4.99 Å². The van der Waals surface area contributed by atoms with Crippen molar-refractivity contribution in [3.63, 3.8) is 0 Å². The molecule has 0 aromatic rings. The van der Waals surface area contributed by atoms with Crippen LogP contribution < -0.4 is 0 Å². The lowest BCUT2D eigenvalue weighted by Crippen LogP contribution is -1.81. The van der Waals surface area contributed by atoms with E-state index in [9.17, 15) is 0 Å². The maximum Gasteiger partial charge on any atom is 0.113 e. The molecule has 0 saturated heterocycles. The first-order chi connectivity index (χ1) is 3.43. The quantitative estimate of drug-likeness (QED) is 0.416. The third-order valence-electron chi connectivity index (χ3n) is 0.518. The topological polar surface area (TPSA) is 12.4 Å². The summed E-state index contributed by atoms with van der Waals surface area (Å²) >= 11 is 4.62. The van der Waals surface area contributed by atoms with Crippen LogP contribution in [0.3, 0.4) is 0 Å². The number of rotatable bonds is 1. The fourth-order valence-electron chi connectivity index (χ4n) is 0.260. The zero-order valence-electron chi connectivity index (χ0n) is 3.46. The molecule has 0 amide bonds. The van der Waals surface area contributed by atoms with E-state index in [1.807, 2.05) is 0 Å². The predicted octanol–water partition coefficient (Wildman–Crippen LogP) is 1.74. The molecule has 0 spiro atoms. The lowest BCUT2D eigenvalue weighted by atomic mass is 10.9. The molecule has 38 valence electrons. The lowest BCUT2D eigenvalue weighted by molar-refractivity contribution is 1.42. The fraction of sp³-hybridized carbons (Fsp3) is 0.333. The van der Waals surface area contributed by atoms with Crippen LogP contribution >= 0.6 is 33.8 Å². The Bertz CT molecular complexity index is 109. The van der Waals surface area contributed by atoms with Crippen LogP contribution in [-0.2, 0) is 0 Å². The van der Waals surface area contributed by atoms with E-state index in [1.54, 1.807) is 27.0 Å². The summed E-state index contributed by atoms with van der Waals surface area (Å²) in [5, 5.41) is 2.60. The number of nitrogens with zero attached hydrogens (tertiary/aromatic N) is 1. The first kappa shape index (κ1) is 5.59. The Labute approximate surface area is 55.4 Å². The van der Waals surface area contributed by atoms with Gasteiger partial charge in [-0.2, -0.15) is 0 Å². The van der Waals surface area contributed by atoms with Crippen molar-refractivity contribution in [1.82, 2.24) is 0 Å². The van der Waals surface area contributed by atoms with Crippen LogP contribution in [0.25, 0.3) is 0 Å². The highest BCUT2D eigenvalue weighted by Gasteiger charge is 2.01. The molecule has 0 fully saturated rings. The smallest absolute Gasteiger partial charge is 0.113 e. The fourth-order valence-corrected chi connectivity index (χ4v) is 2.25. The molecular weight excluding hydrogens is 146 g/mol. The van der Waals surface area contributed by atoms with E-state index in [2.05, 4.69) is 17.2 Å². The second kappa shape index (κ2) is 2.69. The average Bonchev–Trinajstić information content (AvgIpc) is 2.14. The monoisotopic (exact) mass is 149 g/mol. The molecule has 7 heavy (non-hydrogen) atoms. The summed E-state index contributed by atoms with van der Waals surface area (Å²) in [6.45, 7) is 0. The van der Waals surface area contributed by atoms with Gasteiger partial charge in [0, 0.05) is 5.37 Å². The first-order valence-corrected chi connectivity index (χ1v) is 4.51. The van der Waals surface area contributed by atoms with Gasteiger partial charge < -0.3 is 0 Å². The molecule has 1 aliphatic rings. The minimum atomic E-state index is 0.868. The highest BCUT2D eigenvalue weighted by atomic mass is 33.1. The van der Waals surface area contributed by atoms with Gasteiger partial charge in [-0.1, -0.05) is 23.0 Å². The molecule has 0 radical (unpaired) electrons. The van der Waals surface area contributed by atoms with Crippen LogP contribution in [0, 0.1) is 0 Å². The van der Waals surface area contributed by atoms with Crippen molar-refractivity contribution < 1.29 is 0 Å². The van der Waals surface area contributed by atoms with E-state index in [-0.39, 0.29) is 0 Å². The van der Waals surface area contributed by atoms with E-state index in [0.29, 0.717) is 0 Å². The zero-order valence-corrected chi connectivity index (χ0v) is 5.91. The number of hydrogen-bond acceptors (Lipinski definition) is 4. The highest BCUT2D eigenvalue weighted by molar-refractivity contribution is 8.83. The molecular formula is C3H3NS3. The summed E-state index contributed by atoms with van der Waals surface area (Å²) in [4.78, 5) is 4.04. The maximum atomic E-state index is 4.62. The SMILES string of the molecule is S=CC1=NCSS1. The van der Waals surface area contributed by atoms with E-state index in [1.165, 1.54) is 0 Å². The predicted molar refractivity (Wildman–Crippen MR) is 41.1 cm³/mol. The Morgan fingerprint density at radius 2 is 2.71 bits per heavy atom. The maximum absolute atomic E-state index is 4.62. The number of thiocarbonyl (C=S) groups is 1. The standard InChI is InChI=1S/C3H3NS3/c5-1-3-4-2-6-7-3/h1H,2H2. The van der Waals surface area contributed by atoms with E-state index < -0.39 is 0 Å². The normalized spacial score (nSPS) is 19.1. The largest absolute Gasteiger partial charge is 0.265 e. The van der Waals surface area contributed by atoms with E-state index in [4.69, 9.17) is 0 Å². The van der Waals surface area contributed by atoms with Crippen molar-refractivity contribution in [3.8, 4) is 0 Å². The van der Waals surface area contributed by atoms with Crippen molar-refractivity contribution >= 4 is 44.2 Å². The van der Waals surface area contributed by atoms with Gasteiger partial charge in [0.2, 0.25) is 0 Å². The van der Waals surface area contributed by atoms with Crippen molar-refractivity contribution in [2.45, 2.75) is 0 Å². The molecule has 0 atom stereocenters. The summed E-state index contributed by atoms with van der Waals surface area (Å²) in [6.07, 6.45) is 0. The molecule has 0 unspecified atom stereocenters. The van der Waals surface area contributed by atoms with Crippen LogP contribution in [0.4, 0.5) is 0 Å². The van der Waals surface area contributed by atoms with Gasteiger partial charge in [0.25, 0.3) is 0 Å². The second-order valence-corrected chi connectivity index (χ2v) is 3.47. The van der Waals surface area contributed by atoms with Crippen LogP contribution in [0.1, 0.15) is 0 Å². The zero-order chi connectivity index (χ0) is 5.11. The summed E-state index contributed by atoms with van der Waals surface area (Å²) in [7, 11) is 3.37. The van der Waals surface area contributed by atoms with E-state index >= 15 is 0 Å². The summed E-state index contributed by atoms with van der Waals surface area (Å²) in [5.74, 6) is 0.868. The van der Waals surface area contributed by atoms with Crippen LogP contribution in [0.5, 0.6) is 0 Å². The minimum absolute atomic E-state index is 0.868. The molecule has 0 saturated carbocycles. The van der Waals surface area contributed by atoms with Gasteiger partial charge in [-0.3, -0.25) is 4.99 Å². The Morgan fingerprint density at radius 3 is 3.00 bits per heavy atom. The van der Waals surface area contributed by atoms with Crippen LogP contribution in [0.15, 0.2) is 4.99 Å². The third-order valence-corrected chi connectivity index (χ3v) is 2.84. The lowest BCUT2D eigenvalue weighted by Gasteiger charge is -1.77. The van der Waals surface area contributed by atoms with Gasteiger partial charge in [0.05, 0.1) is 5.88 Å². The third kappa shape index (κ3) is 1.44.